The summed E-state index contributed by atoms with van der Waals surface area (Å²) in [6.45, 7) is 1.76. The van der Waals surface area contributed by atoms with Gasteiger partial charge in [-0.3, -0.25) is 14.9 Å². The number of fused-ring (bicyclic) bond motifs is 2. The number of dihydropyridines is 1. The molecule has 168 valence electrons. The van der Waals surface area contributed by atoms with Crippen LogP contribution in [0.2, 0.25) is 0 Å². The summed E-state index contributed by atoms with van der Waals surface area (Å²) in [4.78, 5) is 38.4. The van der Waals surface area contributed by atoms with E-state index in [4.69, 9.17) is 4.74 Å². The molecule has 1 fully saturated rings. The SMILES string of the molecule is CC1=C(C(=O)OC2CCCCC2)C(c2ccccc2[N+](=O)[O-])C2=C(N1)c1ccccc1C2=O. The van der Waals surface area contributed by atoms with Gasteiger partial charge in [0.2, 0.25) is 0 Å². The highest BCUT2D eigenvalue weighted by Gasteiger charge is 2.45. The number of carbonyl (C=O) groups excluding carboxylic acids is 2. The minimum Gasteiger partial charge on any atom is -0.459 e. The number of benzene rings is 2. The first kappa shape index (κ1) is 21.1. The number of hydrogen-bond donors (Lipinski definition) is 1. The molecule has 3 aliphatic rings. The minimum absolute atomic E-state index is 0.129. The van der Waals surface area contributed by atoms with Crippen LogP contribution in [0.5, 0.6) is 0 Å². The van der Waals surface area contributed by atoms with Crippen LogP contribution in [0.15, 0.2) is 65.4 Å². The zero-order valence-corrected chi connectivity index (χ0v) is 18.3. The number of hydrogen-bond acceptors (Lipinski definition) is 6. The minimum atomic E-state index is -0.890. The summed E-state index contributed by atoms with van der Waals surface area (Å²) in [6.07, 6.45) is 4.57. The van der Waals surface area contributed by atoms with Crippen LogP contribution in [-0.2, 0) is 9.53 Å². The molecule has 1 aliphatic heterocycles. The maximum absolute atomic E-state index is 13.5. The number of nitro groups is 1. The van der Waals surface area contributed by atoms with Crippen LogP contribution < -0.4 is 5.32 Å². The van der Waals surface area contributed by atoms with Crippen molar-refractivity contribution in [3.63, 3.8) is 0 Å². The van der Waals surface area contributed by atoms with E-state index in [0.29, 0.717) is 28.1 Å². The summed E-state index contributed by atoms with van der Waals surface area (Å²) in [5.74, 6) is -1.64. The van der Waals surface area contributed by atoms with Crippen molar-refractivity contribution in [3.8, 4) is 0 Å². The molecule has 0 amide bonds. The normalized spacial score (nSPS) is 20.3. The largest absolute Gasteiger partial charge is 0.459 e. The summed E-state index contributed by atoms with van der Waals surface area (Å²) < 4.78 is 5.87. The third-order valence-corrected chi connectivity index (χ3v) is 6.74. The van der Waals surface area contributed by atoms with Gasteiger partial charge in [0.25, 0.3) is 5.69 Å². The van der Waals surface area contributed by atoms with Gasteiger partial charge in [-0.2, -0.15) is 0 Å². The number of Topliss-reactive ketones (excluding diaryl/α,β-unsaturated/α-hetero) is 1. The fourth-order valence-corrected chi connectivity index (χ4v) is 5.21. The number of nitrogens with one attached hydrogen (secondary N) is 1. The van der Waals surface area contributed by atoms with E-state index in [-0.39, 0.29) is 23.1 Å². The van der Waals surface area contributed by atoms with E-state index in [1.165, 1.54) is 6.07 Å². The average molecular weight is 444 g/mol. The summed E-state index contributed by atoms with van der Waals surface area (Å²) >= 11 is 0. The van der Waals surface area contributed by atoms with Gasteiger partial charge < -0.3 is 10.1 Å². The van der Waals surface area contributed by atoms with Crippen molar-refractivity contribution in [2.75, 3.05) is 0 Å². The van der Waals surface area contributed by atoms with Crippen molar-refractivity contribution >= 4 is 23.1 Å². The summed E-state index contributed by atoms with van der Waals surface area (Å²) in [6, 6.07) is 13.5. The Balaban J connectivity index is 1.65. The molecule has 1 unspecified atom stereocenters. The molecule has 2 aliphatic carbocycles. The van der Waals surface area contributed by atoms with Crippen LogP contribution >= 0.6 is 0 Å². The molecule has 7 nitrogen and oxygen atoms in total. The standard InChI is InChI=1S/C26H24N2O5/c1-15-21(26(30)33-16-9-3-2-4-10-16)22(19-13-7-8-14-20(19)28(31)32)23-24(27-15)17-11-5-6-12-18(17)25(23)29/h5-8,11-14,16,22,27H,2-4,9-10H2,1H3. The first-order valence-electron chi connectivity index (χ1n) is 11.3. The third kappa shape index (κ3) is 3.53. The van der Waals surface area contributed by atoms with E-state index in [1.54, 1.807) is 37.3 Å². The summed E-state index contributed by atoms with van der Waals surface area (Å²) in [5.41, 5.74) is 3.20. The van der Waals surface area contributed by atoms with Gasteiger partial charge in [0.05, 0.1) is 22.1 Å². The number of rotatable bonds is 4. The maximum Gasteiger partial charge on any atom is 0.337 e. The lowest BCUT2D eigenvalue weighted by Crippen LogP contribution is -2.31. The molecule has 5 rings (SSSR count). The fourth-order valence-electron chi connectivity index (χ4n) is 5.21. The van der Waals surface area contributed by atoms with Crippen molar-refractivity contribution in [2.45, 2.75) is 51.0 Å². The van der Waals surface area contributed by atoms with E-state index in [9.17, 15) is 19.7 Å². The predicted octanol–water partition coefficient (Wildman–Crippen LogP) is 5.04. The molecule has 0 saturated heterocycles. The second-order valence-corrected chi connectivity index (χ2v) is 8.74. The molecular weight excluding hydrogens is 420 g/mol. The maximum atomic E-state index is 13.5. The Morgan fingerprint density at radius 2 is 1.70 bits per heavy atom. The molecule has 1 saturated carbocycles. The first-order chi connectivity index (χ1) is 16.0. The molecule has 1 heterocycles. The molecule has 2 aromatic carbocycles. The number of para-hydroxylation sites is 1. The lowest BCUT2D eigenvalue weighted by molar-refractivity contribution is -0.385. The smallest absolute Gasteiger partial charge is 0.337 e. The molecule has 1 atom stereocenters. The number of nitro benzene ring substituents is 1. The fraction of sp³-hybridized carbons (Fsp3) is 0.308. The van der Waals surface area contributed by atoms with Gasteiger partial charge in [0, 0.05) is 34.0 Å². The summed E-state index contributed by atoms with van der Waals surface area (Å²) in [7, 11) is 0. The Morgan fingerprint density at radius 1 is 1.03 bits per heavy atom. The molecular formula is C26H24N2O5. The first-order valence-corrected chi connectivity index (χ1v) is 11.3. The topological polar surface area (TPSA) is 98.5 Å². The monoisotopic (exact) mass is 444 g/mol. The molecule has 0 bridgehead atoms. The van der Waals surface area contributed by atoms with Crippen LogP contribution in [0.4, 0.5) is 5.69 Å². The molecule has 7 heteroatoms. The van der Waals surface area contributed by atoms with Gasteiger partial charge in [-0.1, -0.05) is 48.9 Å². The van der Waals surface area contributed by atoms with Crippen LogP contribution in [0.1, 0.15) is 66.4 Å². The molecule has 0 radical (unpaired) electrons. The number of ether oxygens (including phenoxy) is 1. The highest BCUT2D eigenvalue weighted by molar-refractivity contribution is 6.23. The van der Waals surface area contributed by atoms with Crippen molar-refractivity contribution in [1.82, 2.24) is 5.32 Å². The quantitative estimate of drug-likeness (QED) is 0.403. The number of allylic oxidation sites excluding steroid dienone is 2. The van der Waals surface area contributed by atoms with Gasteiger partial charge in [0.1, 0.15) is 6.10 Å². The van der Waals surface area contributed by atoms with Crippen molar-refractivity contribution in [3.05, 3.63) is 92.2 Å². The van der Waals surface area contributed by atoms with Crippen LogP contribution in [0.25, 0.3) is 5.70 Å². The van der Waals surface area contributed by atoms with Crippen molar-refractivity contribution in [2.24, 2.45) is 0 Å². The summed E-state index contributed by atoms with van der Waals surface area (Å²) in [5, 5.41) is 15.1. The molecule has 33 heavy (non-hydrogen) atoms. The van der Waals surface area contributed by atoms with E-state index in [1.807, 2.05) is 12.1 Å². The van der Waals surface area contributed by atoms with Gasteiger partial charge >= 0.3 is 5.97 Å². The van der Waals surface area contributed by atoms with Gasteiger partial charge in [-0.15, -0.1) is 0 Å². The van der Waals surface area contributed by atoms with E-state index < -0.39 is 16.8 Å². The Labute approximate surface area is 191 Å². The lowest BCUT2D eigenvalue weighted by Gasteiger charge is -2.30. The zero-order chi connectivity index (χ0) is 23.1. The van der Waals surface area contributed by atoms with Gasteiger partial charge in [-0.05, 0) is 32.6 Å². The van der Waals surface area contributed by atoms with E-state index >= 15 is 0 Å². The number of carbonyl (C=O) groups is 2. The van der Waals surface area contributed by atoms with Crippen LogP contribution in [-0.4, -0.2) is 22.8 Å². The van der Waals surface area contributed by atoms with Crippen LogP contribution in [0, 0.1) is 10.1 Å². The lowest BCUT2D eigenvalue weighted by atomic mass is 9.79. The van der Waals surface area contributed by atoms with Gasteiger partial charge in [-0.25, -0.2) is 4.79 Å². The van der Waals surface area contributed by atoms with E-state index in [0.717, 1.165) is 37.7 Å². The van der Waals surface area contributed by atoms with Crippen LogP contribution in [0.3, 0.4) is 0 Å². The van der Waals surface area contributed by atoms with Crippen molar-refractivity contribution < 1.29 is 19.2 Å². The Kier molecular flexibility index (Phi) is 5.32. The highest BCUT2D eigenvalue weighted by atomic mass is 16.6. The number of esters is 1. The van der Waals surface area contributed by atoms with Crippen molar-refractivity contribution in [1.29, 1.82) is 0 Å². The molecule has 2 aromatic rings. The Morgan fingerprint density at radius 3 is 2.42 bits per heavy atom. The third-order valence-electron chi connectivity index (χ3n) is 6.74. The second kappa shape index (κ2) is 8.31. The second-order valence-electron chi connectivity index (χ2n) is 8.74. The highest BCUT2D eigenvalue weighted by Crippen LogP contribution is 2.48. The Bertz CT molecular complexity index is 1240. The number of nitrogens with zero attached hydrogens (tertiary/aromatic N) is 1. The number of ketones is 1. The van der Waals surface area contributed by atoms with E-state index in [2.05, 4.69) is 5.32 Å². The molecule has 0 aromatic heterocycles. The Hall–Kier alpha value is -3.74. The molecule has 0 spiro atoms. The molecule has 1 N–H and O–H groups in total. The zero-order valence-electron chi connectivity index (χ0n) is 18.3. The average Bonchev–Trinajstić information content (AvgIpc) is 3.10. The predicted molar refractivity (Wildman–Crippen MR) is 122 cm³/mol. The van der Waals surface area contributed by atoms with Gasteiger partial charge in [0.15, 0.2) is 5.78 Å².